The molecule has 0 radical (unpaired) electrons. The van der Waals surface area contributed by atoms with Crippen molar-refractivity contribution in [1.82, 2.24) is 20.2 Å². The van der Waals surface area contributed by atoms with Gasteiger partial charge in [0, 0.05) is 26.7 Å². The molecule has 1 atom stereocenters. The third kappa shape index (κ3) is 2.66. The number of hydrogen-bond donors (Lipinski definition) is 1. The minimum atomic E-state index is 0.212. The zero-order valence-electron chi connectivity index (χ0n) is 8.30. The number of rotatable bonds is 4. The molecule has 0 aliphatic rings. The molecule has 6 nitrogen and oxygen atoms in total. The molecule has 0 aliphatic heterocycles. The van der Waals surface area contributed by atoms with Gasteiger partial charge in [-0.25, -0.2) is 4.68 Å². The monoisotopic (exact) mass is 184 g/mol. The van der Waals surface area contributed by atoms with E-state index in [9.17, 15) is 0 Å². The summed E-state index contributed by atoms with van der Waals surface area (Å²) in [5.41, 5.74) is 5.65. The van der Waals surface area contributed by atoms with Crippen molar-refractivity contribution < 1.29 is 0 Å². The number of tetrazole rings is 1. The minimum Gasteiger partial charge on any atom is -0.343 e. The van der Waals surface area contributed by atoms with Crippen LogP contribution in [0.5, 0.6) is 0 Å². The highest BCUT2D eigenvalue weighted by Gasteiger charge is 2.08. The average molecular weight is 184 g/mol. The molecule has 0 amide bonds. The lowest BCUT2D eigenvalue weighted by Crippen LogP contribution is -2.27. The Kier molecular flexibility index (Phi) is 3.18. The first-order valence-corrected chi connectivity index (χ1v) is 4.30. The minimum absolute atomic E-state index is 0.212. The number of hydrogen-bond acceptors (Lipinski definition) is 5. The molecule has 0 aliphatic carbocycles. The lowest BCUT2D eigenvalue weighted by Gasteiger charge is -2.17. The van der Waals surface area contributed by atoms with Crippen LogP contribution in [-0.2, 0) is 7.05 Å². The Hall–Kier alpha value is -1.17. The Balaban J connectivity index is 2.49. The van der Waals surface area contributed by atoms with Crippen LogP contribution >= 0.6 is 0 Å². The van der Waals surface area contributed by atoms with E-state index in [-0.39, 0.29) is 6.04 Å². The van der Waals surface area contributed by atoms with E-state index in [0.717, 1.165) is 18.9 Å². The van der Waals surface area contributed by atoms with E-state index in [1.807, 2.05) is 25.9 Å². The van der Waals surface area contributed by atoms with Crippen LogP contribution in [0.2, 0.25) is 0 Å². The van der Waals surface area contributed by atoms with Crippen molar-refractivity contribution in [3.05, 3.63) is 0 Å². The van der Waals surface area contributed by atoms with Crippen LogP contribution in [-0.4, -0.2) is 39.8 Å². The van der Waals surface area contributed by atoms with Crippen molar-refractivity contribution in [2.45, 2.75) is 19.4 Å². The van der Waals surface area contributed by atoms with Crippen molar-refractivity contribution in [3.63, 3.8) is 0 Å². The van der Waals surface area contributed by atoms with Gasteiger partial charge in [-0.05, 0) is 23.8 Å². The molecule has 13 heavy (non-hydrogen) atoms. The quantitative estimate of drug-likeness (QED) is 0.675. The summed E-state index contributed by atoms with van der Waals surface area (Å²) < 4.78 is 1.64. The highest BCUT2D eigenvalue weighted by Crippen LogP contribution is 2.04. The second-order valence-electron chi connectivity index (χ2n) is 3.29. The topological polar surface area (TPSA) is 72.9 Å². The predicted molar refractivity (Wildman–Crippen MR) is 50.3 cm³/mol. The van der Waals surface area contributed by atoms with E-state index < -0.39 is 0 Å². The Bertz CT molecular complexity index is 255. The molecular formula is C7H16N6. The SMILES string of the molecule is CC(N)CCN(C)c1nnnn1C. The summed E-state index contributed by atoms with van der Waals surface area (Å²) in [4.78, 5) is 1.99. The Morgan fingerprint density at radius 1 is 1.62 bits per heavy atom. The van der Waals surface area contributed by atoms with E-state index >= 15 is 0 Å². The lowest BCUT2D eigenvalue weighted by molar-refractivity contribution is 0.638. The predicted octanol–water partition coefficient (Wildman–Crippen LogP) is -0.616. The van der Waals surface area contributed by atoms with Crippen LogP contribution in [0.3, 0.4) is 0 Å². The summed E-state index contributed by atoms with van der Waals surface area (Å²) in [7, 11) is 3.77. The van der Waals surface area contributed by atoms with Gasteiger partial charge in [-0.15, -0.1) is 0 Å². The zero-order valence-corrected chi connectivity index (χ0v) is 8.30. The first-order valence-electron chi connectivity index (χ1n) is 4.30. The van der Waals surface area contributed by atoms with E-state index in [1.165, 1.54) is 0 Å². The summed E-state index contributed by atoms with van der Waals surface area (Å²) in [6.07, 6.45) is 0.934. The molecule has 0 fully saturated rings. The molecular weight excluding hydrogens is 168 g/mol. The number of aryl methyl sites for hydroxylation is 1. The fourth-order valence-electron chi connectivity index (χ4n) is 1.05. The molecule has 0 saturated heterocycles. The van der Waals surface area contributed by atoms with Gasteiger partial charge in [-0.3, -0.25) is 0 Å². The normalized spacial score (nSPS) is 12.9. The van der Waals surface area contributed by atoms with Crippen LogP contribution < -0.4 is 10.6 Å². The number of nitrogens with zero attached hydrogens (tertiary/aromatic N) is 5. The largest absolute Gasteiger partial charge is 0.343 e. The number of anilines is 1. The molecule has 6 heteroatoms. The van der Waals surface area contributed by atoms with Gasteiger partial charge in [-0.2, -0.15) is 0 Å². The second-order valence-corrected chi connectivity index (χ2v) is 3.29. The molecule has 0 bridgehead atoms. The molecule has 0 aromatic carbocycles. The van der Waals surface area contributed by atoms with Crippen LogP contribution in [0, 0.1) is 0 Å². The summed E-state index contributed by atoms with van der Waals surface area (Å²) in [5, 5.41) is 11.2. The Labute approximate surface area is 77.7 Å². The van der Waals surface area contributed by atoms with Gasteiger partial charge < -0.3 is 10.6 Å². The molecule has 0 spiro atoms. The zero-order chi connectivity index (χ0) is 9.84. The molecule has 1 heterocycles. The highest BCUT2D eigenvalue weighted by molar-refractivity contribution is 5.25. The first-order chi connectivity index (χ1) is 6.11. The average Bonchev–Trinajstić information content (AvgIpc) is 2.47. The Morgan fingerprint density at radius 2 is 2.31 bits per heavy atom. The molecule has 0 saturated carbocycles. The van der Waals surface area contributed by atoms with E-state index in [2.05, 4.69) is 15.5 Å². The third-order valence-corrected chi connectivity index (χ3v) is 1.86. The van der Waals surface area contributed by atoms with E-state index in [4.69, 9.17) is 5.73 Å². The van der Waals surface area contributed by atoms with Crippen LogP contribution in [0.25, 0.3) is 0 Å². The lowest BCUT2D eigenvalue weighted by atomic mass is 10.2. The van der Waals surface area contributed by atoms with Crippen molar-refractivity contribution in [2.75, 3.05) is 18.5 Å². The molecule has 74 valence electrons. The van der Waals surface area contributed by atoms with Gasteiger partial charge in [0.15, 0.2) is 0 Å². The Morgan fingerprint density at radius 3 is 2.77 bits per heavy atom. The van der Waals surface area contributed by atoms with Crippen molar-refractivity contribution >= 4 is 5.95 Å². The van der Waals surface area contributed by atoms with Gasteiger partial charge in [0.1, 0.15) is 0 Å². The van der Waals surface area contributed by atoms with Gasteiger partial charge in [-0.1, -0.05) is 5.10 Å². The van der Waals surface area contributed by atoms with Gasteiger partial charge in [0.2, 0.25) is 5.95 Å². The van der Waals surface area contributed by atoms with Crippen molar-refractivity contribution in [1.29, 1.82) is 0 Å². The fraction of sp³-hybridized carbons (Fsp3) is 0.857. The smallest absolute Gasteiger partial charge is 0.244 e. The van der Waals surface area contributed by atoms with Gasteiger partial charge in [0.25, 0.3) is 0 Å². The fourth-order valence-corrected chi connectivity index (χ4v) is 1.05. The standard InChI is InChI=1S/C7H16N6/c1-6(8)4-5-12(2)7-9-10-11-13(7)3/h6H,4-5,8H2,1-3H3. The van der Waals surface area contributed by atoms with Gasteiger partial charge >= 0.3 is 0 Å². The molecule has 1 unspecified atom stereocenters. The summed E-state index contributed by atoms with van der Waals surface area (Å²) >= 11 is 0. The van der Waals surface area contributed by atoms with Crippen LogP contribution in [0.15, 0.2) is 0 Å². The summed E-state index contributed by atoms with van der Waals surface area (Å²) in [5.74, 6) is 0.764. The first kappa shape index (κ1) is 9.91. The maximum absolute atomic E-state index is 5.65. The molecule has 2 N–H and O–H groups in total. The van der Waals surface area contributed by atoms with Crippen LogP contribution in [0.1, 0.15) is 13.3 Å². The summed E-state index contributed by atoms with van der Waals surface area (Å²) in [6.45, 7) is 2.86. The number of aromatic nitrogens is 4. The molecule has 1 aromatic rings. The molecule has 1 aromatic heterocycles. The van der Waals surface area contributed by atoms with E-state index in [1.54, 1.807) is 4.68 Å². The van der Waals surface area contributed by atoms with Crippen molar-refractivity contribution in [3.8, 4) is 0 Å². The van der Waals surface area contributed by atoms with Gasteiger partial charge in [0.05, 0.1) is 0 Å². The highest BCUT2D eigenvalue weighted by atomic mass is 15.6. The van der Waals surface area contributed by atoms with E-state index in [0.29, 0.717) is 0 Å². The van der Waals surface area contributed by atoms with Crippen molar-refractivity contribution in [2.24, 2.45) is 12.8 Å². The van der Waals surface area contributed by atoms with Crippen LogP contribution in [0.4, 0.5) is 5.95 Å². The second kappa shape index (κ2) is 4.18. The maximum Gasteiger partial charge on any atom is 0.244 e. The summed E-state index contributed by atoms with van der Waals surface area (Å²) in [6, 6.07) is 0.212. The third-order valence-electron chi connectivity index (χ3n) is 1.86. The molecule has 1 rings (SSSR count). The maximum atomic E-state index is 5.65. The number of nitrogens with two attached hydrogens (primary N) is 1.